The Bertz CT molecular complexity index is 704. The molecule has 1 rings (SSSR count). The van der Waals surface area contributed by atoms with Gasteiger partial charge in [0.25, 0.3) is 11.8 Å². The number of rotatable bonds is 10. The first-order valence-corrected chi connectivity index (χ1v) is 9.91. The van der Waals surface area contributed by atoms with Crippen LogP contribution in [0, 0.1) is 11.8 Å². The van der Waals surface area contributed by atoms with E-state index >= 15 is 0 Å². The van der Waals surface area contributed by atoms with Crippen LogP contribution in [0.1, 0.15) is 62.5 Å². The summed E-state index contributed by atoms with van der Waals surface area (Å²) in [4.78, 5) is 51.8. The van der Waals surface area contributed by atoms with Crippen molar-refractivity contribution < 1.29 is 28.7 Å². The molecular formula is C21H31N3O6. The molecule has 0 bridgehead atoms. The van der Waals surface area contributed by atoms with Gasteiger partial charge in [-0.15, -0.1) is 0 Å². The number of carbonyl (C=O) groups excluding carboxylic acids is 4. The number of carbonyl (C=O) groups is 4. The quantitative estimate of drug-likeness (QED) is 0.551. The second-order valence-electron chi connectivity index (χ2n) is 7.76. The van der Waals surface area contributed by atoms with Crippen molar-refractivity contribution in [3.05, 3.63) is 29.6 Å². The molecule has 0 radical (unpaired) electrons. The molecule has 9 heteroatoms. The Morgan fingerprint density at radius 1 is 0.767 bits per heavy atom. The van der Waals surface area contributed by atoms with Gasteiger partial charge < -0.3 is 20.1 Å². The first-order chi connectivity index (χ1) is 14.0. The topological polar surface area (TPSA) is 124 Å². The molecule has 1 heterocycles. The van der Waals surface area contributed by atoms with Crippen LogP contribution in [0.5, 0.6) is 0 Å². The molecule has 1 aromatic rings. The van der Waals surface area contributed by atoms with E-state index in [0.717, 1.165) is 0 Å². The number of amides is 2. The molecule has 0 spiro atoms. The van der Waals surface area contributed by atoms with E-state index in [4.69, 9.17) is 9.47 Å². The van der Waals surface area contributed by atoms with Crippen molar-refractivity contribution in [3.8, 4) is 0 Å². The van der Waals surface area contributed by atoms with Gasteiger partial charge >= 0.3 is 11.9 Å². The lowest BCUT2D eigenvalue weighted by atomic mass is 10.1. The van der Waals surface area contributed by atoms with Gasteiger partial charge in [0.05, 0.1) is 0 Å². The van der Waals surface area contributed by atoms with Gasteiger partial charge in [-0.05, 0) is 37.8 Å². The Hall–Kier alpha value is -2.97. The number of esters is 2. The maximum absolute atomic E-state index is 12.1. The summed E-state index contributed by atoms with van der Waals surface area (Å²) < 4.78 is 9.88. The van der Waals surface area contributed by atoms with Crippen LogP contribution in [-0.2, 0) is 19.1 Å². The highest BCUT2D eigenvalue weighted by molar-refractivity contribution is 5.93. The second kappa shape index (κ2) is 11.9. The number of nitrogens with one attached hydrogen (secondary N) is 2. The van der Waals surface area contributed by atoms with Crippen molar-refractivity contribution in [1.29, 1.82) is 0 Å². The number of hydrogen-bond donors (Lipinski definition) is 2. The molecule has 9 nitrogen and oxygen atoms in total. The van der Waals surface area contributed by atoms with E-state index in [1.807, 2.05) is 41.5 Å². The smallest absolute Gasteiger partial charge is 0.357 e. The van der Waals surface area contributed by atoms with E-state index in [2.05, 4.69) is 15.6 Å². The Morgan fingerprint density at radius 2 is 1.13 bits per heavy atom. The normalized spacial score (nSPS) is 12.8. The van der Waals surface area contributed by atoms with Gasteiger partial charge in [0, 0.05) is 12.1 Å². The first-order valence-electron chi connectivity index (χ1n) is 9.91. The summed E-state index contributed by atoms with van der Waals surface area (Å²) in [5.41, 5.74) is -0.293. The van der Waals surface area contributed by atoms with E-state index in [9.17, 15) is 19.2 Å². The molecule has 0 aliphatic heterocycles. The Morgan fingerprint density at radius 3 is 1.47 bits per heavy atom. The number of hydrogen-bond acceptors (Lipinski definition) is 7. The molecule has 0 aliphatic carbocycles. The molecule has 0 fully saturated rings. The zero-order valence-electron chi connectivity index (χ0n) is 18.4. The third kappa shape index (κ3) is 8.59. The molecule has 2 atom stereocenters. The standard InChI is InChI=1S/C21H31N3O6/c1-12(2)14(5)22-18(25)10-29-20(27)16-8-7-9-17(24-16)21(28)30-11-19(26)23-15(6)13(3)4/h7-9,12-15H,10-11H2,1-6H3,(H,22,25)(H,23,26)/t14-,15+. The second-order valence-corrected chi connectivity index (χ2v) is 7.76. The van der Waals surface area contributed by atoms with Crippen molar-refractivity contribution >= 4 is 23.8 Å². The summed E-state index contributed by atoms with van der Waals surface area (Å²) in [6.07, 6.45) is 0. The van der Waals surface area contributed by atoms with Crippen LogP contribution in [0.2, 0.25) is 0 Å². The zero-order chi connectivity index (χ0) is 22.8. The minimum Gasteiger partial charge on any atom is -0.451 e. The summed E-state index contributed by atoms with van der Waals surface area (Å²) in [7, 11) is 0. The van der Waals surface area contributed by atoms with Gasteiger partial charge in [0.15, 0.2) is 13.2 Å². The lowest BCUT2D eigenvalue weighted by molar-refractivity contribution is -0.125. The molecular weight excluding hydrogens is 390 g/mol. The van der Waals surface area contributed by atoms with Crippen LogP contribution in [-0.4, -0.2) is 54.0 Å². The highest BCUT2D eigenvalue weighted by Gasteiger charge is 2.18. The van der Waals surface area contributed by atoms with Crippen LogP contribution in [0.3, 0.4) is 0 Å². The lowest BCUT2D eigenvalue weighted by Gasteiger charge is -2.17. The SMILES string of the molecule is CC(C)[C@H](C)NC(=O)COC(=O)c1cccc(C(=O)OCC(=O)N[C@H](C)C(C)C)n1. The van der Waals surface area contributed by atoms with Crippen LogP contribution < -0.4 is 10.6 Å². The molecule has 2 N–H and O–H groups in total. The third-order valence-corrected chi connectivity index (χ3v) is 4.61. The molecule has 0 saturated carbocycles. The minimum absolute atomic E-state index is 0.0619. The lowest BCUT2D eigenvalue weighted by Crippen LogP contribution is -2.38. The van der Waals surface area contributed by atoms with Crippen molar-refractivity contribution in [2.24, 2.45) is 11.8 Å². The Kier molecular flexibility index (Phi) is 9.94. The van der Waals surface area contributed by atoms with Crippen LogP contribution in [0.4, 0.5) is 0 Å². The van der Waals surface area contributed by atoms with Crippen LogP contribution in [0.25, 0.3) is 0 Å². The highest BCUT2D eigenvalue weighted by atomic mass is 16.5. The fraction of sp³-hybridized carbons (Fsp3) is 0.571. The predicted molar refractivity (Wildman–Crippen MR) is 110 cm³/mol. The third-order valence-electron chi connectivity index (χ3n) is 4.61. The molecule has 0 aromatic carbocycles. The summed E-state index contributed by atoms with van der Waals surface area (Å²) >= 11 is 0. The van der Waals surface area contributed by atoms with E-state index in [-0.39, 0.29) is 35.3 Å². The maximum Gasteiger partial charge on any atom is 0.357 e. The average molecular weight is 421 g/mol. The molecule has 2 amide bonds. The van der Waals surface area contributed by atoms with E-state index in [1.165, 1.54) is 18.2 Å². The van der Waals surface area contributed by atoms with E-state index in [1.54, 1.807) is 0 Å². The Labute approximate surface area is 176 Å². The first kappa shape index (κ1) is 25.1. The fourth-order valence-electron chi connectivity index (χ4n) is 2.00. The van der Waals surface area contributed by atoms with Crippen molar-refractivity contribution in [1.82, 2.24) is 15.6 Å². The van der Waals surface area contributed by atoms with Gasteiger partial charge in [0.1, 0.15) is 11.4 Å². The Balaban J connectivity index is 2.58. The molecule has 166 valence electrons. The molecule has 0 saturated heterocycles. The average Bonchev–Trinajstić information content (AvgIpc) is 2.69. The molecule has 0 aliphatic rings. The molecule has 1 aromatic heterocycles. The maximum atomic E-state index is 12.1. The van der Waals surface area contributed by atoms with Crippen molar-refractivity contribution in [2.75, 3.05) is 13.2 Å². The van der Waals surface area contributed by atoms with Crippen LogP contribution >= 0.6 is 0 Å². The highest BCUT2D eigenvalue weighted by Crippen LogP contribution is 2.05. The number of aromatic nitrogens is 1. The van der Waals surface area contributed by atoms with E-state index < -0.39 is 37.0 Å². The summed E-state index contributed by atoms with van der Waals surface area (Å²) in [6, 6.07) is 4.01. The predicted octanol–water partition coefficient (Wildman–Crippen LogP) is 1.72. The zero-order valence-corrected chi connectivity index (χ0v) is 18.4. The van der Waals surface area contributed by atoms with Crippen LogP contribution in [0.15, 0.2) is 18.2 Å². The summed E-state index contributed by atoms with van der Waals surface area (Å²) in [5.74, 6) is -2.07. The van der Waals surface area contributed by atoms with Crippen molar-refractivity contribution in [2.45, 2.75) is 53.6 Å². The number of pyridine rings is 1. The molecule has 30 heavy (non-hydrogen) atoms. The van der Waals surface area contributed by atoms with Crippen molar-refractivity contribution in [3.63, 3.8) is 0 Å². The van der Waals surface area contributed by atoms with Gasteiger partial charge in [0.2, 0.25) is 0 Å². The summed E-state index contributed by atoms with van der Waals surface area (Å²) in [5, 5.41) is 5.43. The molecule has 0 unspecified atom stereocenters. The van der Waals surface area contributed by atoms with E-state index in [0.29, 0.717) is 0 Å². The van der Waals surface area contributed by atoms with Gasteiger partial charge in [-0.2, -0.15) is 0 Å². The largest absolute Gasteiger partial charge is 0.451 e. The van der Waals surface area contributed by atoms with Gasteiger partial charge in [-0.1, -0.05) is 33.8 Å². The fourth-order valence-corrected chi connectivity index (χ4v) is 2.00. The number of nitrogens with zero attached hydrogens (tertiary/aromatic N) is 1. The van der Waals surface area contributed by atoms with Gasteiger partial charge in [-0.25, -0.2) is 14.6 Å². The summed E-state index contributed by atoms with van der Waals surface area (Å²) in [6.45, 7) is 10.6. The number of ether oxygens (including phenoxy) is 2. The van der Waals surface area contributed by atoms with Gasteiger partial charge in [-0.3, -0.25) is 9.59 Å². The minimum atomic E-state index is -0.847. The monoisotopic (exact) mass is 421 g/mol.